The van der Waals surface area contributed by atoms with Crippen LogP contribution in [0.5, 0.6) is 5.75 Å². The molecule has 0 aromatic heterocycles. The smallest absolute Gasteiger partial charge is 0.193 e. The van der Waals surface area contributed by atoms with Gasteiger partial charge in [0.15, 0.2) is 11.6 Å². The molecule has 156 valence electrons. The fourth-order valence-electron chi connectivity index (χ4n) is 3.33. The van der Waals surface area contributed by atoms with Crippen LogP contribution in [-0.4, -0.2) is 22.8 Å². The molecule has 0 saturated carbocycles. The number of Topliss-reactive ketones (excluding diaryl/α,β-unsaturated/α-hetero) is 1. The first-order valence-electron chi connectivity index (χ1n) is 9.96. The molecule has 3 aromatic rings. The second kappa shape index (κ2) is 9.84. The highest BCUT2D eigenvalue weighted by atomic mass is 16.5. The maximum Gasteiger partial charge on any atom is 0.193 e. The van der Waals surface area contributed by atoms with Gasteiger partial charge >= 0.3 is 0 Å². The van der Waals surface area contributed by atoms with Gasteiger partial charge in [-0.3, -0.25) is 9.59 Å². The summed E-state index contributed by atoms with van der Waals surface area (Å²) in [5.41, 5.74) is 3.69. The molecule has 0 amide bonds. The van der Waals surface area contributed by atoms with E-state index in [1.807, 2.05) is 18.2 Å². The van der Waals surface area contributed by atoms with Crippen molar-refractivity contribution in [3.05, 3.63) is 100 Å². The number of nitrogens with zero attached hydrogens (tertiary/aromatic N) is 1. The molecule has 0 saturated heterocycles. The van der Waals surface area contributed by atoms with Crippen LogP contribution in [0.1, 0.15) is 56.8 Å². The first-order chi connectivity index (χ1) is 14.9. The molecule has 5 heteroatoms. The lowest BCUT2D eigenvalue weighted by molar-refractivity contribution is 0.101. The van der Waals surface area contributed by atoms with Gasteiger partial charge in [-0.05, 0) is 67.8 Å². The van der Waals surface area contributed by atoms with Gasteiger partial charge in [0.25, 0.3) is 0 Å². The van der Waals surface area contributed by atoms with E-state index in [2.05, 4.69) is 0 Å². The van der Waals surface area contributed by atoms with Crippen molar-refractivity contribution in [3.8, 4) is 11.8 Å². The van der Waals surface area contributed by atoms with E-state index in [1.165, 1.54) is 6.92 Å². The highest BCUT2D eigenvalue weighted by Gasteiger charge is 2.12. The number of rotatable bonds is 8. The number of hydrogen-bond acceptors (Lipinski definition) is 5. The van der Waals surface area contributed by atoms with E-state index in [-0.39, 0.29) is 11.6 Å². The van der Waals surface area contributed by atoms with Crippen LogP contribution in [0.2, 0.25) is 0 Å². The molecular weight excluding hydrogens is 390 g/mol. The molecular formula is C26H23NO4. The van der Waals surface area contributed by atoms with Crippen LogP contribution < -0.4 is 4.74 Å². The van der Waals surface area contributed by atoms with Crippen LogP contribution in [0.25, 0.3) is 0 Å². The zero-order chi connectivity index (χ0) is 22.4. The Kier molecular flexibility index (Phi) is 6.96. The first-order valence-corrected chi connectivity index (χ1v) is 9.96. The summed E-state index contributed by atoms with van der Waals surface area (Å²) in [6, 6.07) is 20.9. The van der Waals surface area contributed by atoms with E-state index >= 15 is 0 Å². The first kappa shape index (κ1) is 21.9. The molecule has 3 rings (SSSR count). The van der Waals surface area contributed by atoms with Crippen LogP contribution in [0.3, 0.4) is 0 Å². The summed E-state index contributed by atoms with van der Waals surface area (Å²) in [5, 5.41) is 18.7. The van der Waals surface area contributed by atoms with Crippen LogP contribution in [0, 0.1) is 11.3 Å². The zero-order valence-corrected chi connectivity index (χ0v) is 17.5. The minimum absolute atomic E-state index is 0.0383. The van der Waals surface area contributed by atoms with Gasteiger partial charge in [0.05, 0.1) is 17.7 Å². The minimum atomic E-state index is -0.548. The monoisotopic (exact) mass is 413 g/mol. The SMILES string of the molecule is CC(=O)c1ccc(COc2ccc(C(=O)c3cccc(C#N)c3)cc2)cc1CC(C)O. The quantitative estimate of drug-likeness (QED) is 0.550. The number of aliphatic hydroxyl groups excluding tert-OH is 1. The van der Waals surface area contributed by atoms with Gasteiger partial charge in [0.2, 0.25) is 0 Å². The second-order valence-electron chi connectivity index (χ2n) is 7.44. The molecule has 0 aliphatic heterocycles. The third kappa shape index (κ3) is 5.65. The van der Waals surface area contributed by atoms with Crippen molar-refractivity contribution in [2.24, 2.45) is 0 Å². The Morgan fingerprint density at radius 1 is 1.03 bits per heavy atom. The third-order valence-electron chi connectivity index (χ3n) is 4.84. The molecule has 0 aliphatic carbocycles. The number of aliphatic hydroxyl groups is 1. The maximum absolute atomic E-state index is 12.6. The Labute approximate surface area is 181 Å². The molecule has 0 fully saturated rings. The minimum Gasteiger partial charge on any atom is -0.489 e. The third-order valence-corrected chi connectivity index (χ3v) is 4.84. The van der Waals surface area contributed by atoms with E-state index in [9.17, 15) is 14.7 Å². The Bertz CT molecular complexity index is 1140. The van der Waals surface area contributed by atoms with Crippen molar-refractivity contribution in [2.75, 3.05) is 0 Å². The van der Waals surface area contributed by atoms with Crippen molar-refractivity contribution < 1.29 is 19.4 Å². The fraction of sp³-hybridized carbons (Fsp3) is 0.192. The summed E-state index contributed by atoms with van der Waals surface area (Å²) < 4.78 is 5.83. The standard InChI is InChI=1S/C26H23NO4/c1-17(28)12-23-14-20(6-11-25(23)18(2)29)16-31-24-9-7-21(8-10-24)26(30)22-5-3-4-19(13-22)15-27/h3-11,13-14,17,28H,12,16H2,1-2H3. The molecule has 1 unspecified atom stereocenters. The van der Waals surface area contributed by atoms with Crippen molar-refractivity contribution in [1.29, 1.82) is 5.26 Å². The van der Waals surface area contributed by atoms with E-state index in [0.29, 0.717) is 41.0 Å². The normalized spacial score (nSPS) is 11.4. The predicted molar refractivity (Wildman–Crippen MR) is 117 cm³/mol. The van der Waals surface area contributed by atoms with Crippen LogP contribution >= 0.6 is 0 Å². The Balaban J connectivity index is 1.70. The van der Waals surface area contributed by atoms with E-state index in [4.69, 9.17) is 10.00 Å². The number of hydrogen-bond donors (Lipinski definition) is 1. The summed E-state index contributed by atoms with van der Waals surface area (Å²) in [4.78, 5) is 24.4. The summed E-state index contributed by atoms with van der Waals surface area (Å²) in [5.74, 6) is 0.407. The molecule has 0 aliphatic rings. The van der Waals surface area contributed by atoms with Crippen molar-refractivity contribution in [3.63, 3.8) is 0 Å². The fourth-order valence-corrected chi connectivity index (χ4v) is 3.33. The van der Waals surface area contributed by atoms with Crippen LogP contribution in [-0.2, 0) is 13.0 Å². The molecule has 1 atom stereocenters. The average Bonchev–Trinajstić information content (AvgIpc) is 2.77. The van der Waals surface area contributed by atoms with Gasteiger partial charge in [-0.1, -0.05) is 30.3 Å². The van der Waals surface area contributed by atoms with E-state index < -0.39 is 6.10 Å². The molecule has 5 nitrogen and oxygen atoms in total. The van der Waals surface area contributed by atoms with Gasteiger partial charge in [0, 0.05) is 16.7 Å². The van der Waals surface area contributed by atoms with Crippen molar-refractivity contribution in [1.82, 2.24) is 0 Å². The number of ether oxygens (including phenoxy) is 1. The van der Waals surface area contributed by atoms with Gasteiger partial charge in [-0.15, -0.1) is 0 Å². The molecule has 3 aromatic carbocycles. The summed E-state index contributed by atoms with van der Waals surface area (Å²) >= 11 is 0. The zero-order valence-electron chi connectivity index (χ0n) is 17.5. The molecule has 0 heterocycles. The molecule has 31 heavy (non-hydrogen) atoms. The number of carbonyl (C=O) groups is 2. The molecule has 0 spiro atoms. The number of carbonyl (C=O) groups excluding carboxylic acids is 2. The van der Waals surface area contributed by atoms with Gasteiger partial charge in [-0.25, -0.2) is 0 Å². The van der Waals surface area contributed by atoms with Crippen molar-refractivity contribution in [2.45, 2.75) is 33.0 Å². The predicted octanol–water partition coefficient (Wildman–Crippen LogP) is 4.49. The molecule has 0 radical (unpaired) electrons. The maximum atomic E-state index is 12.6. The Hall–Kier alpha value is -3.75. The Morgan fingerprint density at radius 2 is 1.77 bits per heavy atom. The Morgan fingerprint density at radius 3 is 2.42 bits per heavy atom. The van der Waals surface area contributed by atoms with Gasteiger partial charge in [-0.2, -0.15) is 5.26 Å². The summed E-state index contributed by atoms with van der Waals surface area (Å²) in [6.07, 6.45) is -0.153. The van der Waals surface area contributed by atoms with Gasteiger partial charge in [0.1, 0.15) is 12.4 Å². The highest BCUT2D eigenvalue weighted by molar-refractivity contribution is 6.09. The number of ketones is 2. The number of benzene rings is 3. The average molecular weight is 413 g/mol. The number of nitriles is 1. The lowest BCUT2D eigenvalue weighted by atomic mass is 9.97. The highest BCUT2D eigenvalue weighted by Crippen LogP contribution is 2.20. The lowest BCUT2D eigenvalue weighted by Crippen LogP contribution is -2.10. The van der Waals surface area contributed by atoms with Gasteiger partial charge < -0.3 is 9.84 Å². The summed E-state index contributed by atoms with van der Waals surface area (Å²) in [6.45, 7) is 3.49. The molecule has 1 N–H and O–H groups in total. The van der Waals surface area contributed by atoms with Crippen molar-refractivity contribution >= 4 is 11.6 Å². The molecule has 0 bridgehead atoms. The van der Waals surface area contributed by atoms with E-state index in [1.54, 1.807) is 61.5 Å². The lowest BCUT2D eigenvalue weighted by Gasteiger charge is -2.12. The topological polar surface area (TPSA) is 87.4 Å². The largest absolute Gasteiger partial charge is 0.489 e. The van der Waals surface area contributed by atoms with E-state index in [0.717, 1.165) is 11.1 Å². The summed E-state index contributed by atoms with van der Waals surface area (Å²) in [7, 11) is 0. The van der Waals surface area contributed by atoms with Crippen LogP contribution in [0.15, 0.2) is 66.7 Å². The van der Waals surface area contributed by atoms with Crippen LogP contribution in [0.4, 0.5) is 0 Å². The second-order valence-corrected chi connectivity index (χ2v) is 7.44.